The second-order valence-corrected chi connectivity index (χ2v) is 6.59. The van der Waals surface area contributed by atoms with Crippen molar-refractivity contribution in [2.24, 2.45) is 5.41 Å². The van der Waals surface area contributed by atoms with Crippen LogP contribution >= 0.6 is 0 Å². The molecule has 1 fully saturated rings. The second kappa shape index (κ2) is 4.59. The summed E-state index contributed by atoms with van der Waals surface area (Å²) < 4.78 is 5.35. The molecule has 3 rings (SSSR count). The fourth-order valence-corrected chi connectivity index (χ4v) is 3.30. The van der Waals surface area contributed by atoms with Gasteiger partial charge in [0.25, 0.3) is 0 Å². The lowest BCUT2D eigenvalue weighted by Gasteiger charge is -2.34. The van der Waals surface area contributed by atoms with Gasteiger partial charge in [0.1, 0.15) is 5.75 Å². The predicted octanol–water partition coefficient (Wildman–Crippen LogP) is 4.86. The van der Waals surface area contributed by atoms with E-state index in [0.717, 1.165) is 5.75 Å². The van der Waals surface area contributed by atoms with Crippen LogP contribution in [0.3, 0.4) is 0 Å². The minimum absolute atomic E-state index is 0.528. The van der Waals surface area contributed by atoms with E-state index in [9.17, 15) is 0 Å². The highest BCUT2D eigenvalue weighted by molar-refractivity contribution is 5.85. The maximum absolute atomic E-state index is 5.35. The highest BCUT2D eigenvalue weighted by Gasteiger charge is 2.28. The Bertz CT molecular complexity index is 572. The molecule has 19 heavy (non-hydrogen) atoms. The van der Waals surface area contributed by atoms with E-state index in [1.54, 1.807) is 7.11 Å². The first-order valence-corrected chi connectivity index (χ1v) is 7.24. The number of rotatable bonds is 2. The van der Waals surface area contributed by atoms with Gasteiger partial charge < -0.3 is 9.72 Å². The summed E-state index contributed by atoms with van der Waals surface area (Å²) in [5.74, 6) is 1.65. The molecule has 0 radical (unpaired) electrons. The number of hydrogen-bond acceptors (Lipinski definition) is 1. The van der Waals surface area contributed by atoms with Gasteiger partial charge in [-0.3, -0.25) is 0 Å². The molecule has 1 aromatic heterocycles. The summed E-state index contributed by atoms with van der Waals surface area (Å²) >= 11 is 0. The molecule has 2 nitrogen and oxygen atoms in total. The predicted molar refractivity (Wildman–Crippen MR) is 79.8 cm³/mol. The van der Waals surface area contributed by atoms with E-state index in [2.05, 4.69) is 37.2 Å². The smallest absolute Gasteiger partial charge is 0.119 e. The maximum Gasteiger partial charge on any atom is 0.119 e. The molecule has 2 heteroatoms. The third-order valence-electron chi connectivity index (χ3n) is 4.70. The van der Waals surface area contributed by atoms with Crippen LogP contribution in [0.5, 0.6) is 5.75 Å². The molecule has 0 atom stereocenters. The van der Waals surface area contributed by atoms with Gasteiger partial charge in [-0.25, -0.2) is 0 Å². The summed E-state index contributed by atoms with van der Waals surface area (Å²) in [6.07, 6.45) is 7.46. The summed E-state index contributed by atoms with van der Waals surface area (Å²) in [6.45, 7) is 4.78. The number of benzene rings is 1. The lowest BCUT2D eigenvalue weighted by molar-refractivity contribution is 0.225. The van der Waals surface area contributed by atoms with Gasteiger partial charge in [0.2, 0.25) is 0 Å². The minimum atomic E-state index is 0.528. The fourth-order valence-electron chi connectivity index (χ4n) is 3.30. The zero-order valence-corrected chi connectivity index (χ0v) is 12.1. The van der Waals surface area contributed by atoms with Gasteiger partial charge in [-0.1, -0.05) is 13.8 Å². The summed E-state index contributed by atoms with van der Waals surface area (Å²) in [6, 6.07) is 6.30. The van der Waals surface area contributed by atoms with Gasteiger partial charge in [-0.05, 0) is 60.8 Å². The quantitative estimate of drug-likeness (QED) is 0.816. The van der Waals surface area contributed by atoms with Crippen LogP contribution in [0.1, 0.15) is 51.0 Å². The average molecular weight is 257 g/mol. The van der Waals surface area contributed by atoms with Crippen molar-refractivity contribution in [3.05, 3.63) is 30.0 Å². The van der Waals surface area contributed by atoms with Crippen LogP contribution in [-0.4, -0.2) is 12.1 Å². The fraction of sp³-hybridized carbons (Fsp3) is 0.529. The molecule has 1 N–H and O–H groups in total. The Kier molecular flexibility index (Phi) is 3.04. The molecule has 0 amide bonds. The Labute approximate surface area is 115 Å². The first-order valence-electron chi connectivity index (χ1n) is 7.24. The Morgan fingerprint density at radius 1 is 1.21 bits per heavy atom. The molecule has 0 spiro atoms. The number of methoxy groups -OCH3 is 1. The number of H-pyrrole nitrogens is 1. The number of aromatic amines is 1. The first kappa shape index (κ1) is 12.6. The second-order valence-electron chi connectivity index (χ2n) is 6.59. The van der Waals surface area contributed by atoms with Gasteiger partial charge in [0.15, 0.2) is 0 Å². The van der Waals surface area contributed by atoms with Gasteiger partial charge in [0, 0.05) is 17.1 Å². The Balaban J connectivity index is 1.92. The highest BCUT2D eigenvalue weighted by atomic mass is 16.5. The van der Waals surface area contributed by atoms with Crippen molar-refractivity contribution in [2.45, 2.75) is 45.4 Å². The van der Waals surface area contributed by atoms with Crippen molar-refractivity contribution < 1.29 is 4.74 Å². The SMILES string of the molecule is COc1ccc2[nH]cc(C3CCC(C)(C)CC3)c2c1. The van der Waals surface area contributed by atoms with Crippen molar-refractivity contribution in [1.82, 2.24) is 4.98 Å². The summed E-state index contributed by atoms with van der Waals surface area (Å²) in [5.41, 5.74) is 3.23. The van der Waals surface area contributed by atoms with Gasteiger partial charge in [-0.15, -0.1) is 0 Å². The molecular formula is C17H23NO. The normalized spacial score (nSPS) is 19.7. The van der Waals surface area contributed by atoms with Gasteiger partial charge in [-0.2, -0.15) is 0 Å². The number of fused-ring (bicyclic) bond motifs is 1. The van der Waals surface area contributed by atoms with Gasteiger partial charge in [0.05, 0.1) is 7.11 Å². The maximum atomic E-state index is 5.35. The van der Waals surface area contributed by atoms with E-state index in [1.165, 1.54) is 42.1 Å². The van der Waals surface area contributed by atoms with Crippen molar-refractivity contribution in [1.29, 1.82) is 0 Å². The Hall–Kier alpha value is -1.44. The molecular weight excluding hydrogens is 234 g/mol. The number of hydrogen-bond donors (Lipinski definition) is 1. The van der Waals surface area contributed by atoms with Crippen LogP contribution in [0, 0.1) is 5.41 Å². The van der Waals surface area contributed by atoms with E-state index < -0.39 is 0 Å². The molecule has 1 saturated carbocycles. The largest absolute Gasteiger partial charge is 0.497 e. The van der Waals surface area contributed by atoms with E-state index in [1.807, 2.05) is 6.07 Å². The minimum Gasteiger partial charge on any atom is -0.497 e. The lowest BCUT2D eigenvalue weighted by atomic mass is 9.71. The summed E-state index contributed by atoms with van der Waals surface area (Å²) in [4.78, 5) is 3.40. The highest BCUT2D eigenvalue weighted by Crippen LogP contribution is 2.44. The summed E-state index contributed by atoms with van der Waals surface area (Å²) in [7, 11) is 1.73. The van der Waals surface area contributed by atoms with Crippen molar-refractivity contribution in [3.8, 4) is 5.75 Å². The van der Waals surface area contributed by atoms with Crippen LogP contribution < -0.4 is 4.74 Å². The molecule has 2 aromatic rings. The van der Waals surface area contributed by atoms with Crippen LogP contribution in [0.25, 0.3) is 10.9 Å². The first-order chi connectivity index (χ1) is 9.09. The van der Waals surface area contributed by atoms with Crippen LogP contribution in [0.2, 0.25) is 0 Å². The standard InChI is InChI=1S/C17H23NO/c1-17(2)8-6-12(7-9-17)15-11-18-16-5-4-13(19-3)10-14(15)16/h4-5,10-12,18H,6-9H2,1-3H3. The van der Waals surface area contributed by atoms with E-state index in [4.69, 9.17) is 4.74 Å². The number of aromatic nitrogens is 1. The Morgan fingerprint density at radius 2 is 1.95 bits per heavy atom. The molecule has 0 aliphatic heterocycles. The monoisotopic (exact) mass is 257 g/mol. The molecule has 1 aliphatic carbocycles. The van der Waals surface area contributed by atoms with Crippen molar-refractivity contribution in [2.75, 3.05) is 7.11 Å². The van der Waals surface area contributed by atoms with Crippen LogP contribution in [0.4, 0.5) is 0 Å². The Morgan fingerprint density at radius 3 is 2.63 bits per heavy atom. The molecule has 1 aliphatic rings. The zero-order valence-electron chi connectivity index (χ0n) is 12.1. The molecule has 0 unspecified atom stereocenters. The number of ether oxygens (including phenoxy) is 1. The lowest BCUT2D eigenvalue weighted by Crippen LogP contribution is -2.20. The average Bonchev–Trinajstić information content (AvgIpc) is 2.81. The van der Waals surface area contributed by atoms with E-state index >= 15 is 0 Å². The summed E-state index contributed by atoms with van der Waals surface area (Å²) in [5, 5.41) is 1.34. The molecule has 1 aromatic carbocycles. The molecule has 0 saturated heterocycles. The van der Waals surface area contributed by atoms with Crippen molar-refractivity contribution in [3.63, 3.8) is 0 Å². The molecule has 1 heterocycles. The van der Waals surface area contributed by atoms with Gasteiger partial charge >= 0.3 is 0 Å². The zero-order chi connectivity index (χ0) is 13.5. The topological polar surface area (TPSA) is 25.0 Å². The van der Waals surface area contributed by atoms with E-state index in [0.29, 0.717) is 11.3 Å². The van der Waals surface area contributed by atoms with Crippen LogP contribution in [-0.2, 0) is 0 Å². The molecule has 0 bridgehead atoms. The van der Waals surface area contributed by atoms with E-state index in [-0.39, 0.29) is 0 Å². The van der Waals surface area contributed by atoms with Crippen molar-refractivity contribution >= 4 is 10.9 Å². The van der Waals surface area contributed by atoms with Crippen LogP contribution in [0.15, 0.2) is 24.4 Å². The number of nitrogens with one attached hydrogen (secondary N) is 1. The molecule has 102 valence electrons. The third kappa shape index (κ3) is 2.36. The third-order valence-corrected chi connectivity index (χ3v) is 4.70.